The van der Waals surface area contributed by atoms with Crippen molar-refractivity contribution in [3.63, 3.8) is 0 Å². The zero-order valence-corrected chi connectivity index (χ0v) is 11.9. The number of carbonyl (C=O) groups is 1. The van der Waals surface area contributed by atoms with Gasteiger partial charge >= 0.3 is 0 Å². The molecular formula is C12H16N8O. The molecule has 0 spiro atoms. The van der Waals surface area contributed by atoms with E-state index >= 15 is 0 Å². The van der Waals surface area contributed by atoms with E-state index < -0.39 is 0 Å². The van der Waals surface area contributed by atoms with E-state index in [2.05, 4.69) is 25.4 Å². The summed E-state index contributed by atoms with van der Waals surface area (Å²) in [4.78, 5) is 28.4. The van der Waals surface area contributed by atoms with Crippen LogP contribution in [0, 0.1) is 0 Å². The van der Waals surface area contributed by atoms with Crippen LogP contribution < -0.4 is 10.2 Å². The van der Waals surface area contributed by atoms with Crippen LogP contribution in [-0.4, -0.2) is 69.3 Å². The van der Waals surface area contributed by atoms with Gasteiger partial charge in [0, 0.05) is 39.6 Å². The molecule has 1 amide bonds. The van der Waals surface area contributed by atoms with E-state index in [9.17, 15) is 4.79 Å². The number of rotatable bonds is 3. The van der Waals surface area contributed by atoms with E-state index in [-0.39, 0.29) is 12.5 Å². The zero-order valence-electron chi connectivity index (χ0n) is 11.9. The molecule has 2 aromatic heterocycles. The van der Waals surface area contributed by atoms with Crippen molar-refractivity contribution in [1.29, 1.82) is 0 Å². The minimum absolute atomic E-state index is 0.0494. The largest absolute Gasteiger partial charge is 0.357 e. The van der Waals surface area contributed by atoms with Crippen LogP contribution in [0.15, 0.2) is 18.5 Å². The fraction of sp³-hybridized carbons (Fsp3) is 0.417. The summed E-state index contributed by atoms with van der Waals surface area (Å²) in [5, 5.41) is 7.02. The lowest BCUT2D eigenvalue weighted by Gasteiger charge is -2.32. The summed E-state index contributed by atoms with van der Waals surface area (Å²) in [5.74, 6) is 1.38. The summed E-state index contributed by atoms with van der Waals surface area (Å²) in [6.45, 7) is 1.60. The van der Waals surface area contributed by atoms with Crippen molar-refractivity contribution >= 4 is 17.8 Å². The molecule has 0 unspecified atom stereocenters. The Kier molecular flexibility index (Phi) is 3.38. The van der Waals surface area contributed by atoms with E-state index in [1.54, 1.807) is 42.1 Å². The van der Waals surface area contributed by atoms with Crippen molar-refractivity contribution in [2.24, 2.45) is 0 Å². The highest BCUT2D eigenvalue weighted by molar-refractivity contribution is 5.81. The Morgan fingerprint density at radius 1 is 1.19 bits per heavy atom. The third kappa shape index (κ3) is 2.62. The Hall–Kier alpha value is -2.71. The molecule has 1 aliphatic rings. The molecule has 1 saturated heterocycles. The molecule has 9 heteroatoms. The first-order chi connectivity index (χ1) is 10.2. The Labute approximate surface area is 121 Å². The number of amides is 1. The summed E-state index contributed by atoms with van der Waals surface area (Å²) >= 11 is 0. The van der Waals surface area contributed by atoms with E-state index in [4.69, 9.17) is 0 Å². The van der Waals surface area contributed by atoms with Crippen molar-refractivity contribution in [3.8, 4) is 5.95 Å². The van der Waals surface area contributed by atoms with Crippen LogP contribution in [0.4, 0.5) is 11.9 Å². The number of hydrogen-bond acceptors (Lipinski definition) is 7. The van der Waals surface area contributed by atoms with Crippen LogP contribution in [0.3, 0.4) is 0 Å². The van der Waals surface area contributed by atoms with Crippen molar-refractivity contribution in [2.45, 2.75) is 0 Å². The lowest BCUT2D eigenvalue weighted by Crippen LogP contribution is -2.49. The smallest absolute Gasteiger partial charge is 0.257 e. The maximum atomic E-state index is 11.8. The maximum absolute atomic E-state index is 11.8. The van der Waals surface area contributed by atoms with Gasteiger partial charge in [-0.05, 0) is 6.07 Å². The van der Waals surface area contributed by atoms with E-state index in [0.717, 1.165) is 0 Å². The molecule has 9 nitrogen and oxygen atoms in total. The molecule has 3 heterocycles. The Balaban J connectivity index is 1.95. The Morgan fingerprint density at radius 3 is 2.67 bits per heavy atom. The lowest BCUT2D eigenvalue weighted by atomic mass is 10.3. The van der Waals surface area contributed by atoms with Gasteiger partial charge in [-0.1, -0.05) is 0 Å². The number of aromatic nitrogens is 5. The molecule has 0 atom stereocenters. The first kappa shape index (κ1) is 13.3. The van der Waals surface area contributed by atoms with Crippen molar-refractivity contribution in [1.82, 2.24) is 29.6 Å². The molecule has 0 bridgehead atoms. The molecule has 2 aromatic rings. The van der Waals surface area contributed by atoms with Crippen LogP contribution in [0.25, 0.3) is 5.95 Å². The van der Waals surface area contributed by atoms with Gasteiger partial charge in [0.25, 0.3) is 5.95 Å². The first-order valence-corrected chi connectivity index (χ1v) is 6.60. The van der Waals surface area contributed by atoms with Crippen LogP contribution in [-0.2, 0) is 4.79 Å². The van der Waals surface area contributed by atoms with Gasteiger partial charge in [-0.3, -0.25) is 4.79 Å². The summed E-state index contributed by atoms with van der Waals surface area (Å²) in [6, 6.07) is 1.79. The zero-order chi connectivity index (χ0) is 14.8. The molecular weight excluding hydrogens is 272 g/mol. The molecule has 1 fully saturated rings. The van der Waals surface area contributed by atoms with Gasteiger partial charge in [0.15, 0.2) is 0 Å². The first-order valence-electron chi connectivity index (χ1n) is 6.60. The molecule has 1 aliphatic heterocycles. The predicted octanol–water partition coefficient (Wildman–Crippen LogP) is -0.623. The van der Waals surface area contributed by atoms with Crippen molar-refractivity contribution < 1.29 is 4.79 Å². The topological polar surface area (TPSA) is 92.1 Å². The number of likely N-dealkylation sites (N-methyl/N-ethyl adjacent to an activating group) is 1. The molecule has 0 saturated carbocycles. The van der Waals surface area contributed by atoms with Crippen LogP contribution in [0.5, 0.6) is 0 Å². The standard InChI is InChI=1S/C12H16N8O/c1-13-10-15-11(19-7-6-18(2)9(21)8-19)17-12(16-10)20-5-3-4-14-20/h3-5H,6-8H2,1-2H3,(H,13,15,16,17). The highest BCUT2D eigenvalue weighted by Crippen LogP contribution is 2.15. The average Bonchev–Trinajstić information content (AvgIpc) is 3.04. The fourth-order valence-corrected chi connectivity index (χ4v) is 2.03. The third-order valence-electron chi connectivity index (χ3n) is 3.28. The highest BCUT2D eigenvalue weighted by atomic mass is 16.2. The molecule has 0 aliphatic carbocycles. The predicted molar refractivity (Wildman–Crippen MR) is 76.3 cm³/mol. The van der Waals surface area contributed by atoms with E-state index in [1.807, 2.05) is 4.90 Å². The second kappa shape index (κ2) is 5.35. The molecule has 0 radical (unpaired) electrons. The maximum Gasteiger partial charge on any atom is 0.257 e. The molecule has 21 heavy (non-hydrogen) atoms. The van der Waals surface area contributed by atoms with E-state index in [0.29, 0.717) is 30.9 Å². The summed E-state index contributed by atoms with van der Waals surface area (Å²) in [6.07, 6.45) is 3.41. The van der Waals surface area contributed by atoms with Gasteiger partial charge in [-0.2, -0.15) is 20.1 Å². The number of nitrogens with zero attached hydrogens (tertiary/aromatic N) is 7. The Bertz CT molecular complexity index is 641. The van der Waals surface area contributed by atoms with Gasteiger partial charge in [-0.15, -0.1) is 0 Å². The number of anilines is 2. The number of hydrogen-bond donors (Lipinski definition) is 1. The lowest BCUT2D eigenvalue weighted by molar-refractivity contribution is -0.129. The summed E-state index contributed by atoms with van der Waals surface area (Å²) in [5.41, 5.74) is 0. The summed E-state index contributed by atoms with van der Waals surface area (Å²) in [7, 11) is 3.53. The van der Waals surface area contributed by atoms with Crippen LogP contribution in [0.2, 0.25) is 0 Å². The van der Waals surface area contributed by atoms with Crippen LogP contribution in [0.1, 0.15) is 0 Å². The van der Waals surface area contributed by atoms with Gasteiger partial charge in [0.2, 0.25) is 17.8 Å². The minimum atomic E-state index is 0.0494. The SMILES string of the molecule is CNc1nc(N2CCN(C)C(=O)C2)nc(-n2cccn2)n1. The fourth-order valence-electron chi connectivity index (χ4n) is 2.03. The van der Waals surface area contributed by atoms with Crippen molar-refractivity contribution in [2.75, 3.05) is 43.9 Å². The minimum Gasteiger partial charge on any atom is -0.357 e. The molecule has 3 rings (SSSR count). The molecule has 110 valence electrons. The van der Waals surface area contributed by atoms with Crippen LogP contribution >= 0.6 is 0 Å². The second-order valence-corrected chi connectivity index (χ2v) is 4.70. The molecule has 0 aromatic carbocycles. The van der Waals surface area contributed by atoms with Gasteiger partial charge in [0.1, 0.15) is 0 Å². The average molecular weight is 288 g/mol. The monoisotopic (exact) mass is 288 g/mol. The third-order valence-corrected chi connectivity index (χ3v) is 3.28. The Morgan fingerprint density at radius 2 is 2.00 bits per heavy atom. The van der Waals surface area contributed by atoms with E-state index in [1.165, 1.54) is 0 Å². The number of piperazine rings is 1. The van der Waals surface area contributed by atoms with Gasteiger partial charge < -0.3 is 15.1 Å². The second-order valence-electron chi connectivity index (χ2n) is 4.70. The number of nitrogens with one attached hydrogen (secondary N) is 1. The quantitative estimate of drug-likeness (QED) is 0.804. The molecule has 1 N–H and O–H groups in total. The highest BCUT2D eigenvalue weighted by Gasteiger charge is 2.24. The number of carbonyl (C=O) groups excluding carboxylic acids is 1. The summed E-state index contributed by atoms with van der Waals surface area (Å²) < 4.78 is 1.56. The van der Waals surface area contributed by atoms with Gasteiger partial charge in [0.05, 0.1) is 6.54 Å². The van der Waals surface area contributed by atoms with Gasteiger partial charge in [-0.25, -0.2) is 4.68 Å². The van der Waals surface area contributed by atoms with Crippen molar-refractivity contribution in [3.05, 3.63) is 18.5 Å². The normalized spacial score (nSPS) is 15.4.